The van der Waals surface area contributed by atoms with E-state index in [-0.39, 0.29) is 11.7 Å². The summed E-state index contributed by atoms with van der Waals surface area (Å²) in [6.07, 6.45) is 3.10. The highest BCUT2D eigenvalue weighted by Crippen LogP contribution is 2.26. The van der Waals surface area contributed by atoms with E-state index in [9.17, 15) is 9.18 Å². The standard InChI is InChI=1S/C24H26FN3OS/c1-17-11-18(2)14-27(13-17)23-8-3-19(12-26-23)15-28(22-6-4-21(25)5-7-22)24(29)20-9-10-30-16-20/h3-10,12,16-18H,11,13-15H2,1-2H3. The summed E-state index contributed by atoms with van der Waals surface area (Å²) in [5, 5.41) is 3.71. The lowest BCUT2D eigenvalue weighted by Gasteiger charge is -2.35. The number of hydrogen-bond donors (Lipinski definition) is 0. The van der Waals surface area contributed by atoms with Crippen molar-refractivity contribution >= 4 is 28.7 Å². The van der Waals surface area contributed by atoms with Crippen LogP contribution in [0.2, 0.25) is 0 Å². The Hall–Kier alpha value is -2.73. The Morgan fingerprint density at radius 1 is 1.13 bits per heavy atom. The summed E-state index contributed by atoms with van der Waals surface area (Å²) < 4.78 is 13.4. The first-order valence-corrected chi connectivity index (χ1v) is 11.2. The second-order valence-electron chi connectivity index (χ2n) is 8.26. The number of pyridine rings is 1. The number of benzene rings is 1. The summed E-state index contributed by atoms with van der Waals surface area (Å²) in [5.74, 6) is 1.87. The van der Waals surface area contributed by atoms with E-state index in [1.165, 1.54) is 29.9 Å². The maximum atomic E-state index is 13.4. The molecule has 0 bridgehead atoms. The third-order valence-electron chi connectivity index (χ3n) is 5.49. The maximum Gasteiger partial charge on any atom is 0.259 e. The summed E-state index contributed by atoms with van der Waals surface area (Å²) in [6.45, 7) is 6.99. The van der Waals surface area contributed by atoms with Crippen LogP contribution in [-0.2, 0) is 6.54 Å². The molecule has 1 aliphatic heterocycles. The van der Waals surface area contributed by atoms with Crippen molar-refractivity contribution < 1.29 is 9.18 Å². The molecule has 1 aromatic carbocycles. The van der Waals surface area contributed by atoms with Crippen molar-refractivity contribution in [1.82, 2.24) is 4.98 Å². The van der Waals surface area contributed by atoms with Gasteiger partial charge in [0.05, 0.1) is 12.1 Å². The second kappa shape index (κ2) is 8.96. The molecule has 1 saturated heterocycles. The van der Waals surface area contributed by atoms with Crippen LogP contribution in [0.4, 0.5) is 15.9 Å². The fraction of sp³-hybridized carbons (Fsp3) is 0.333. The Balaban J connectivity index is 1.55. The van der Waals surface area contributed by atoms with Crippen LogP contribution in [0.1, 0.15) is 36.2 Å². The zero-order chi connectivity index (χ0) is 21.1. The number of carbonyl (C=O) groups excluding carboxylic acids is 1. The molecule has 3 aromatic rings. The molecule has 0 N–H and O–H groups in total. The van der Waals surface area contributed by atoms with Crippen molar-refractivity contribution in [1.29, 1.82) is 0 Å². The topological polar surface area (TPSA) is 36.4 Å². The van der Waals surface area contributed by atoms with E-state index in [2.05, 4.69) is 23.7 Å². The quantitative estimate of drug-likeness (QED) is 0.535. The molecule has 0 saturated carbocycles. The number of thiophene rings is 1. The normalized spacial score (nSPS) is 19.0. The fourth-order valence-corrected chi connectivity index (χ4v) is 4.80. The third-order valence-corrected chi connectivity index (χ3v) is 6.18. The van der Waals surface area contributed by atoms with Gasteiger partial charge < -0.3 is 9.80 Å². The van der Waals surface area contributed by atoms with Crippen LogP contribution in [0, 0.1) is 17.7 Å². The Morgan fingerprint density at radius 3 is 2.47 bits per heavy atom. The molecule has 0 aliphatic carbocycles. The van der Waals surface area contributed by atoms with Gasteiger partial charge in [-0.2, -0.15) is 11.3 Å². The molecular formula is C24H26FN3OS. The van der Waals surface area contributed by atoms with Crippen LogP contribution in [0.25, 0.3) is 0 Å². The fourth-order valence-electron chi connectivity index (χ4n) is 4.17. The first kappa shape index (κ1) is 20.5. The SMILES string of the molecule is CC1CC(C)CN(c2ccc(CN(C(=O)c3ccsc3)c3ccc(F)cc3)cn2)C1. The van der Waals surface area contributed by atoms with Gasteiger partial charge in [0.1, 0.15) is 11.6 Å². The van der Waals surface area contributed by atoms with Crippen molar-refractivity contribution in [2.24, 2.45) is 11.8 Å². The summed E-state index contributed by atoms with van der Waals surface area (Å²) in [4.78, 5) is 21.8. The first-order valence-electron chi connectivity index (χ1n) is 10.3. The van der Waals surface area contributed by atoms with Gasteiger partial charge in [0.2, 0.25) is 0 Å². The van der Waals surface area contributed by atoms with Crippen LogP contribution >= 0.6 is 11.3 Å². The predicted molar refractivity (Wildman–Crippen MR) is 121 cm³/mol. The summed E-state index contributed by atoms with van der Waals surface area (Å²) >= 11 is 1.48. The monoisotopic (exact) mass is 423 g/mol. The molecule has 6 heteroatoms. The zero-order valence-electron chi connectivity index (χ0n) is 17.3. The number of amides is 1. The number of anilines is 2. The van der Waals surface area contributed by atoms with Crippen LogP contribution in [0.5, 0.6) is 0 Å². The Morgan fingerprint density at radius 2 is 1.87 bits per heavy atom. The van der Waals surface area contributed by atoms with E-state index in [0.29, 0.717) is 29.6 Å². The maximum absolute atomic E-state index is 13.4. The molecule has 3 heterocycles. The summed E-state index contributed by atoms with van der Waals surface area (Å²) in [7, 11) is 0. The average molecular weight is 424 g/mol. The van der Waals surface area contributed by atoms with Crippen LogP contribution in [0.3, 0.4) is 0 Å². The lowest BCUT2D eigenvalue weighted by molar-refractivity contribution is 0.0985. The van der Waals surface area contributed by atoms with Crippen molar-refractivity contribution in [2.45, 2.75) is 26.8 Å². The van der Waals surface area contributed by atoms with Crippen LogP contribution in [-0.4, -0.2) is 24.0 Å². The molecule has 30 heavy (non-hydrogen) atoms. The number of rotatable bonds is 5. The highest BCUT2D eigenvalue weighted by atomic mass is 32.1. The molecule has 0 radical (unpaired) electrons. The lowest BCUT2D eigenvalue weighted by atomic mass is 9.92. The summed E-state index contributed by atoms with van der Waals surface area (Å²) in [5.41, 5.74) is 2.23. The lowest BCUT2D eigenvalue weighted by Crippen LogP contribution is -2.39. The number of piperidine rings is 1. The number of carbonyl (C=O) groups is 1. The minimum atomic E-state index is -0.322. The molecular weight excluding hydrogens is 397 g/mol. The molecule has 2 aromatic heterocycles. The minimum Gasteiger partial charge on any atom is -0.356 e. The molecule has 1 aliphatic rings. The van der Waals surface area contributed by atoms with Gasteiger partial charge in [0.15, 0.2) is 0 Å². The third kappa shape index (κ3) is 4.70. The Bertz CT molecular complexity index is 963. The number of aromatic nitrogens is 1. The Kier molecular flexibility index (Phi) is 6.13. The van der Waals surface area contributed by atoms with Crippen molar-refractivity contribution in [2.75, 3.05) is 22.9 Å². The van der Waals surface area contributed by atoms with Gasteiger partial charge in [-0.05, 0) is 65.6 Å². The van der Waals surface area contributed by atoms with Gasteiger partial charge in [-0.1, -0.05) is 19.9 Å². The molecule has 2 unspecified atom stereocenters. The minimum absolute atomic E-state index is 0.106. The molecule has 4 rings (SSSR count). The van der Waals surface area contributed by atoms with Crippen molar-refractivity contribution in [3.63, 3.8) is 0 Å². The zero-order valence-corrected chi connectivity index (χ0v) is 18.1. The highest BCUT2D eigenvalue weighted by Gasteiger charge is 2.23. The molecule has 156 valence electrons. The van der Waals surface area contributed by atoms with E-state index in [1.54, 1.807) is 17.0 Å². The molecule has 4 nitrogen and oxygen atoms in total. The summed E-state index contributed by atoms with van der Waals surface area (Å²) in [6, 6.07) is 11.9. The number of hydrogen-bond acceptors (Lipinski definition) is 4. The van der Waals surface area contributed by atoms with Gasteiger partial charge in [-0.15, -0.1) is 0 Å². The predicted octanol–water partition coefficient (Wildman–Crippen LogP) is 5.61. The van der Waals surface area contributed by atoms with Crippen molar-refractivity contribution in [3.8, 4) is 0 Å². The van der Waals surface area contributed by atoms with E-state index in [4.69, 9.17) is 0 Å². The van der Waals surface area contributed by atoms with E-state index >= 15 is 0 Å². The van der Waals surface area contributed by atoms with Gasteiger partial charge in [0, 0.05) is 30.4 Å². The molecule has 1 amide bonds. The first-order chi connectivity index (χ1) is 14.5. The van der Waals surface area contributed by atoms with E-state index in [0.717, 1.165) is 24.5 Å². The number of nitrogens with zero attached hydrogens (tertiary/aromatic N) is 3. The Labute approximate surface area is 181 Å². The van der Waals surface area contributed by atoms with Gasteiger partial charge in [-0.3, -0.25) is 4.79 Å². The highest BCUT2D eigenvalue weighted by molar-refractivity contribution is 7.08. The number of halogens is 1. The van der Waals surface area contributed by atoms with Crippen molar-refractivity contribution in [3.05, 3.63) is 76.4 Å². The average Bonchev–Trinajstić information content (AvgIpc) is 3.27. The molecule has 0 spiro atoms. The molecule has 2 atom stereocenters. The smallest absolute Gasteiger partial charge is 0.259 e. The van der Waals surface area contributed by atoms with Gasteiger partial charge >= 0.3 is 0 Å². The molecule has 1 fully saturated rings. The van der Waals surface area contributed by atoms with E-state index in [1.807, 2.05) is 35.2 Å². The van der Waals surface area contributed by atoms with Crippen LogP contribution < -0.4 is 9.80 Å². The second-order valence-corrected chi connectivity index (χ2v) is 9.04. The van der Waals surface area contributed by atoms with Gasteiger partial charge in [0.25, 0.3) is 5.91 Å². The van der Waals surface area contributed by atoms with Crippen LogP contribution in [0.15, 0.2) is 59.4 Å². The van der Waals surface area contributed by atoms with E-state index < -0.39 is 0 Å². The largest absolute Gasteiger partial charge is 0.356 e. The van der Waals surface area contributed by atoms with Gasteiger partial charge in [-0.25, -0.2) is 9.37 Å².